The second kappa shape index (κ2) is 12.8. The number of aliphatic hydroxyl groups is 1. The van der Waals surface area contributed by atoms with Crippen LogP contribution in [0.4, 0.5) is 0 Å². The van der Waals surface area contributed by atoms with Crippen molar-refractivity contribution in [2.24, 2.45) is 5.41 Å². The SMILES string of the molecule is CCN(/C(=C(\C)CC(C)(C)COC(=O)[C@@]1(O)CCCNN1)c1cncc(C)c1COC)C(C)OC. The molecule has 0 radical (unpaired) electrons. The molecule has 0 spiro atoms. The van der Waals surface area contributed by atoms with Crippen LogP contribution in [0.3, 0.4) is 0 Å². The lowest BCUT2D eigenvalue weighted by Crippen LogP contribution is -2.61. The van der Waals surface area contributed by atoms with Crippen LogP contribution in [0.5, 0.6) is 0 Å². The van der Waals surface area contributed by atoms with Crippen molar-refractivity contribution in [1.29, 1.82) is 0 Å². The Morgan fingerprint density at radius 2 is 2.06 bits per heavy atom. The molecule has 1 saturated heterocycles. The van der Waals surface area contributed by atoms with E-state index in [9.17, 15) is 9.90 Å². The number of esters is 1. The first kappa shape index (κ1) is 29.2. The third-order valence-corrected chi connectivity index (χ3v) is 6.44. The Balaban J connectivity index is 2.38. The van der Waals surface area contributed by atoms with Gasteiger partial charge >= 0.3 is 5.97 Å². The number of pyridine rings is 1. The first-order valence-electron chi connectivity index (χ1n) is 12.3. The van der Waals surface area contributed by atoms with Crippen LogP contribution in [0.15, 0.2) is 18.0 Å². The first-order valence-corrected chi connectivity index (χ1v) is 12.3. The lowest BCUT2D eigenvalue weighted by Gasteiger charge is -2.36. The van der Waals surface area contributed by atoms with Crippen LogP contribution in [-0.4, -0.2) is 66.8 Å². The Morgan fingerprint density at radius 3 is 2.63 bits per heavy atom. The average molecular weight is 493 g/mol. The zero-order valence-corrected chi connectivity index (χ0v) is 22.7. The summed E-state index contributed by atoms with van der Waals surface area (Å²) in [7, 11) is 3.39. The van der Waals surface area contributed by atoms with Crippen LogP contribution in [-0.2, 0) is 25.6 Å². The van der Waals surface area contributed by atoms with E-state index in [1.807, 2.05) is 26.2 Å². The summed E-state index contributed by atoms with van der Waals surface area (Å²) in [4.78, 5) is 19.3. The summed E-state index contributed by atoms with van der Waals surface area (Å²) in [6.07, 6.45) is 5.24. The molecule has 9 nitrogen and oxygen atoms in total. The number of methoxy groups -OCH3 is 2. The van der Waals surface area contributed by atoms with E-state index in [4.69, 9.17) is 14.2 Å². The largest absolute Gasteiger partial charge is 0.462 e. The van der Waals surface area contributed by atoms with E-state index < -0.39 is 11.7 Å². The number of hydrogen-bond donors (Lipinski definition) is 3. The molecule has 9 heteroatoms. The number of allylic oxidation sites excluding steroid dienone is 1. The van der Waals surface area contributed by atoms with Gasteiger partial charge in [0, 0.05) is 62.8 Å². The molecule has 3 N–H and O–H groups in total. The van der Waals surface area contributed by atoms with Gasteiger partial charge in [-0.05, 0) is 57.2 Å². The van der Waals surface area contributed by atoms with Crippen molar-refractivity contribution in [1.82, 2.24) is 20.7 Å². The minimum atomic E-state index is -1.69. The Morgan fingerprint density at radius 1 is 1.34 bits per heavy atom. The summed E-state index contributed by atoms with van der Waals surface area (Å²) in [6.45, 7) is 14.4. The third kappa shape index (κ3) is 7.47. The molecule has 0 bridgehead atoms. The predicted octanol–water partition coefficient (Wildman–Crippen LogP) is 3.12. The van der Waals surface area contributed by atoms with Crippen LogP contribution >= 0.6 is 0 Å². The fourth-order valence-corrected chi connectivity index (χ4v) is 4.58. The van der Waals surface area contributed by atoms with E-state index in [0.717, 1.165) is 34.5 Å². The van der Waals surface area contributed by atoms with Gasteiger partial charge in [-0.3, -0.25) is 10.4 Å². The Bertz CT molecular complexity index is 880. The molecule has 0 amide bonds. The minimum absolute atomic E-state index is 0.152. The zero-order valence-electron chi connectivity index (χ0n) is 22.7. The van der Waals surface area contributed by atoms with Gasteiger partial charge in [0.1, 0.15) is 6.23 Å². The summed E-state index contributed by atoms with van der Waals surface area (Å²) in [6, 6.07) is 0. The molecule has 1 aromatic rings. The van der Waals surface area contributed by atoms with Gasteiger partial charge in [-0.25, -0.2) is 10.2 Å². The highest BCUT2D eigenvalue weighted by Gasteiger charge is 2.40. The summed E-state index contributed by atoms with van der Waals surface area (Å²) >= 11 is 0. The second-order valence-corrected chi connectivity index (χ2v) is 10.1. The summed E-state index contributed by atoms with van der Waals surface area (Å²) in [5.41, 5.74) is 8.74. The number of nitrogens with zero attached hydrogens (tertiary/aromatic N) is 2. The predicted molar refractivity (Wildman–Crippen MR) is 136 cm³/mol. The first-order chi connectivity index (χ1) is 16.5. The molecular formula is C26H44N4O5. The van der Waals surface area contributed by atoms with E-state index in [-0.39, 0.29) is 18.2 Å². The van der Waals surface area contributed by atoms with Gasteiger partial charge in [0.15, 0.2) is 0 Å². The van der Waals surface area contributed by atoms with Gasteiger partial charge in [0.2, 0.25) is 5.72 Å². The number of carbonyl (C=O) groups excluding carboxylic acids is 1. The Hall–Kier alpha value is -2.04. The van der Waals surface area contributed by atoms with Gasteiger partial charge in [-0.15, -0.1) is 0 Å². The molecular weight excluding hydrogens is 448 g/mol. The molecule has 35 heavy (non-hydrogen) atoms. The molecule has 1 unspecified atom stereocenters. The number of ether oxygens (including phenoxy) is 3. The molecule has 0 saturated carbocycles. The molecule has 0 aromatic carbocycles. The highest BCUT2D eigenvalue weighted by Crippen LogP contribution is 2.35. The number of nitrogens with one attached hydrogen (secondary N) is 2. The Kier molecular flexibility index (Phi) is 10.7. The van der Waals surface area contributed by atoms with E-state index in [2.05, 4.69) is 48.4 Å². The van der Waals surface area contributed by atoms with E-state index >= 15 is 0 Å². The van der Waals surface area contributed by atoms with Crippen molar-refractivity contribution in [2.75, 3.05) is 33.9 Å². The number of carbonyl (C=O) groups is 1. The van der Waals surface area contributed by atoms with Crippen molar-refractivity contribution in [3.63, 3.8) is 0 Å². The number of aryl methyl sites for hydroxylation is 1. The fourth-order valence-electron chi connectivity index (χ4n) is 4.58. The van der Waals surface area contributed by atoms with Crippen molar-refractivity contribution >= 4 is 11.7 Å². The molecule has 2 atom stereocenters. The van der Waals surface area contributed by atoms with Crippen LogP contribution in [0.25, 0.3) is 5.70 Å². The second-order valence-electron chi connectivity index (χ2n) is 10.1. The normalized spacial score (nSPS) is 20.3. The maximum atomic E-state index is 12.6. The van der Waals surface area contributed by atoms with Gasteiger partial charge in [0.05, 0.1) is 13.2 Å². The molecule has 198 valence electrons. The average Bonchev–Trinajstić information content (AvgIpc) is 2.82. The van der Waals surface area contributed by atoms with Gasteiger partial charge < -0.3 is 24.2 Å². The minimum Gasteiger partial charge on any atom is -0.462 e. The molecule has 0 aliphatic carbocycles. The monoisotopic (exact) mass is 492 g/mol. The van der Waals surface area contributed by atoms with Gasteiger partial charge in [-0.1, -0.05) is 13.8 Å². The quantitative estimate of drug-likeness (QED) is 0.300. The van der Waals surface area contributed by atoms with E-state index in [1.165, 1.54) is 0 Å². The molecule has 2 heterocycles. The van der Waals surface area contributed by atoms with Crippen LogP contribution in [0, 0.1) is 12.3 Å². The fraction of sp³-hybridized carbons (Fsp3) is 0.692. The highest BCUT2D eigenvalue weighted by atomic mass is 16.6. The standard InChI is InChI=1S/C26H44N4O5/c1-9-30(20(4)34-8)23(21-15-27-14-19(3)22(21)16-33-7)18(2)13-25(5,6)17-35-24(31)26(32)11-10-12-28-29-26/h14-15,20,28-29,32H,9-13,16-17H2,1-8H3/b23-18+/t20?,26-/m0/s1. The highest BCUT2D eigenvalue weighted by molar-refractivity contribution is 5.78. The van der Waals surface area contributed by atoms with Crippen LogP contribution in [0.1, 0.15) is 70.6 Å². The van der Waals surface area contributed by atoms with Gasteiger partial charge in [0.25, 0.3) is 0 Å². The molecule has 1 aromatic heterocycles. The topological polar surface area (TPSA) is 105 Å². The number of hydrazine groups is 1. The molecule has 2 rings (SSSR count). The smallest absolute Gasteiger partial charge is 0.354 e. The molecule has 1 aliphatic rings. The van der Waals surface area contributed by atoms with Crippen molar-refractivity contribution in [3.8, 4) is 0 Å². The van der Waals surface area contributed by atoms with Crippen molar-refractivity contribution in [2.45, 2.75) is 79.4 Å². The Labute approximate surface area is 210 Å². The maximum absolute atomic E-state index is 12.6. The molecule has 1 fully saturated rings. The summed E-state index contributed by atoms with van der Waals surface area (Å²) in [5.74, 6) is -0.659. The summed E-state index contributed by atoms with van der Waals surface area (Å²) in [5, 5.41) is 10.6. The van der Waals surface area contributed by atoms with Crippen LogP contribution < -0.4 is 10.9 Å². The third-order valence-electron chi connectivity index (χ3n) is 6.44. The van der Waals surface area contributed by atoms with Crippen molar-refractivity contribution < 1.29 is 24.1 Å². The van der Waals surface area contributed by atoms with Gasteiger partial charge in [-0.2, -0.15) is 0 Å². The lowest BCUT2D eigenvalue weighted by atomic mass is 9.84. The van der Waals surface area contributed by atoms with E-state index in [1.54, 1.807) is 14.2 Å². The zero-order chi connectivity index (χ0) is 26.2. The van der Waals surface area contributed by atoms with Crippen LogP contribution in [0.2, 0.25) is 0 Å². The number of hydrogen-bond acceptors (Lipinski definition) is 9. The molecule has 1 aliphatic heterocycles. The lowest BCUT2D eigenvalue weighted by molar-refractivity contribution is -0.177. The number of rotatable bonds is 12. The van der Waals surface area contributed by atoms with Crippen molar-refractivity contribution in [3.05, 3.63) is 34.7 Å². The maximum Gasteiger partial charge on any atom is 0.354 e. The number of aromatic nitrogens is 1. The summed E-state index contributed by atoms with van der Waals surface area (Å²) < 4.78 is 16.8. The van der Waals surface area contributed by atoms with E-state index in [0.29, 0.717) is 32.4 Å².